The molecule has 3 atom stereocenters. The van der Waals surface area contributed by atoms with E-state index in [1.807, 2.05) is 0 Å². The highest BCUT2D eigenvalue weighted by atomic mass is 32.1. The van der Waals surface area contributed by atoms with E-state index in [1.54, 1.807) is 0 Å². The molecule has 0 bridgehead atoms. The first-order valence-electron chi connectivity index (χ1n) is 5.16. The summed E-state index contributed by atoms with van der Waals surface area (Å²) in [4.78, 5) is 2.99. The number of nitrogens with zero attached hydrogens (tertiary/aromatic N) is 1. The fraction of sp³-hybridized carbons (Fsp3) is 0.900. The van der Waals surface area contributed by atoms with E-state index in [0.29, 0.717) is 23.1 Å². The molecule has 2 N–H and O–H groups in total. The summed E-state index contributed by atoms with van der Waals surface area (Å²) in [6.07, 6.45) is 0.634. The van der Waals surface area contributed by atoms with Crippen LogP contribution in [0.15, 0.2) is 0 Å². The third-order valence-electron chi connectivity index (χ3n) is 2.51. The molecule has 0 radical (unpaired) electrons. The monoisotopic (exact) mass is 216 g/mol. The SMILES string of the molecule is CC(CN1C[C@@H](C)O[C@@H](C)C1)C(N)=S. The van der Waals surface area contributed by atoms with Crippen LogP contribution in [0.4, 0.5) is 0 Å². The van der Waals surface area contributed by atoms with Gasteiger partial charge in [0.25, 0.3) is 0 Å². The molecular formula is C10H20N2OS. The summed E-state index contributed by atoms with van der Waals surface area (Å²) >= 11 is 4.97. The summed E-state index contributed by atoms with van der Waals surface area (Å²) in [5.41, 5.74) is 5.60. The average Bonchev–Trinajstić information content (AvgIpc) is 2.01. The van der Waals surface area contributed by atoms with E-state index in [-0.39, 0.29) is 0 Å². The van der Waals surface area contributed by atoms with Crippen molar-refractivity contribution in [3.05, 3.63) is 0 Å². The summed E-state index contributed by atoms with van der Waals surface area (Å²) in [5.74, 6) is 0.294. The van der Waals surface area contributed by atoms with Gasteiger partial charge >= 0.3 is 0 Å². The van der Waals surface area contributed by atoms with Crippen LogP contribution >= 0.6 is 12.2 Å². The topological polar surface area (TPSA) is 38.5 Å². The third-order valence-corrected chi connectivity index (χ3v) is 2.92. The largest absolute Gasteiger partial charge is 0.393 e. The fourth-order valence-corrected chi connectivity index (χ4v) is 1.99. The van der Waals surface area contributed by atoms with Gasteiger partial charge in [0.05, 0.1) is 17.2 Å². The molecule has 0 saturated carbocycles. The minimum absolute atomic E-state index is 0.294. The second kappa shape index (κ2) is 5.05. The minimum atomic E-state index is 0.294. The van der Waals surface area contributed by atoms with Gasteiger partial charge in [-0.2, -0.15) is 0 Å². The second-order valence-corrected chi connectivity index (χ2v) is 4.75. The Balaban J connectivity index is 2.40. The Morgan fingerprint density at radius 2 is 2.00 bits per heavy atom. The first kappa shape index (κ1) is 11.9. The van der Waals surface area contributed by atoms with Crippen LogP contribution in [-0.2, 0) is 4.74 Å². The number of ether oxygens (including phenoxy) is 1. The van der Waals surface area contributed by atoms with E-state index < -0.39 is 0 Å². The Labute approximate surface area is 91.6 Å². The number of rotatable bonds is 3. The molecule has 1 saturated heterocycles. The zero-order valence-electron chi connectivity index (χ0n) is 9.19. The van der Waals surface area contributed by atoms with E-state index in [2.05, 4.69) is 25.7 Å². The number of hydrogen-bond donors (Lipinski definition) is 1. The number of nitrogens with two attached hydrogens (primary N) is 1. The maximum atomic E-state index is 5.65. The van der Waals surface area contributed by atoms with Gasteiger partial charge in [-0.3, -0.25) is 4.90 Å². The molecule has 1 heterocycles. The lowest BCUT2D eigenvalue weighted by Gasteiger charge is -2.36. The van der Waals surface area contributed by atoms with Crippen LogP contribution in [-0.4, -0.2) is 41.7 Å². The van der Waals surface area contributed by atoms with Crippen LogP contribution in [0.1, 0.15) is 20.8 Å². The fourth-order valence-electron chi connectivity index (χ4n) is 1.91. The molecule has 0 amide bonds. The minimum Gasteiger partial charge on any atom is -0.393 e. The van der Waals surface area contributed by atoms with Gasteiger partial charge in [-0.1, -0.05) is 19.1 Å². The van der Waals surface area contributed by atoms with Gasteiger partial charge < -0.3 is 10.5 Å². The quantitative estimate of drug-likeness (QED) is 0.715. The van der Waals surface area contributed by atoms with Crippen molar-refractivity contribution >= 4 is 17.2 Å². The van der Waals surface area contributed by atoms with Crippen molar-refractivity contribution in [3.63, 3.8) is 0 Å². The lowest BCUT2D eigenvalue weighted by atomic mass is 10.1. The number of hydrogen-bond acceptors (Lipinski definition) is 3. The Morgan fingerprint density at radius 1 is 1.50 bits per heavy atom. The lowest BCUT2D eigenvalue weighted by molar-refractivity contribution is -0.0692. The molecule has 1 fully saturated rings. The average molecular weight is 216 g/mol. The van der Waals surface area contributed by atoms with E-state index in [0.717, 1.165) is 19.6 Å². The highest BCUT2D eigenvalue weighted by Crippen LogP contribution is 2.12. The number of thiocarbonyl (C=S) groups is 1. The van der Waals surface area contributed by atoms with Crippen molar-refractivity contribution in [2.45, 2.75) is 33.0 Å². The molecule has 4 heteroatoms. The Bertz CT molecular complexity index is 200. The maximum absolute atomic E-state index is 5.65. The predicted octanol–water partition coefficient (Wildman–Crippen LogP) is 1.02. The molecule has 14 heavy (non-hydrogen) atoms. The zero-order valence-corrected chi connectivity index (χ0v) is 10.0. The van der Waals surface area contributed by atoms with Crippen LogP contribution in [0.3, 0.4) is 0 Å². The van der Waals surface area contributed by atoms with Crippen LogP contribution < -0.4 is 5.73 Å². The van der Waals surface area contributed by atoms with E-state index >= 15 is 0 Å². The first-order valence-corrected chi connectivity index (χ1v) is 5.57. The molecule has 0 aromatic rings. The molecule has 0 aliphatic carbocycles. The van der Waals surface area contributed by atoms with Gasteiger partial charge in [-0.25, -0.2) is 0 Å². The summed E-state index contributed by atoms with van der Waals surface area (Å²) in [7, 11) is 0. The Morgan fingerprint density at radius 3 is 2.43 bits per heavy atom. The van der Waals surface area contributed by atoms with Gasteiger partial charge in [0.1, 0.15) is 0 Å². The normalized spacial score (nSPS) is 31.4. The van der Waals surface area contributed by atoms with Crippen molar-refractivity contribution in [2.75, 3.05) is 19.6 Å². The van der Waals surface area contributed by atoms with Crippen molar-refractivity contribution in [1.29, 1.82) is 0 Å². The molecule has 0 spiro atoms. The third kappa shape index (κ3) is 3.52. The molecule has 1 rings (SSSR count). The van der Waals surface area contributed by atoms with Crippen LogP contribution in [0, 0.1) is 5.92 Å². The smallest absolute Gasteiger partial charge is 0.0768 e. The Hall–Kier alpha value is -0.190. The summed E-state index contributed by atoms with van der Waals surface area (Å²) in [6.45, 7) is 9.21. The maximum Gasteiger partial charge on any atom is 0.0768 e. The zero-order chi connectivity index (χ0) is 10.7. The van der Waals surface area contributed by atoms with Crippen LogP contribution in [0.5, 0.6) is 0 Å². The van der Waals surface area contributed by atoms with Gasteiger partial charge in [0.15, 0.2) is 0 Å². The Kier molecular flexibility index (Phi) is 4.29. The molecule has 3 nitrogen and oxygen atoms in total. The van der Waals surface area contributed by atoms with Crippen molar-refractivity contribution < 1.29 is 4.74 Å². The molecule has 0 aromatic carbocycles. The lowest BCUT2D eigenvalue weighted by Crippen LogP contribution is -2.47. The number of morpholine rings is 1. The van der Waals surface area contributed by atoms with Crippen molar-refractivity contribution in [3.8, 4) is 0 Å². The molecular weight excluding hydrogens is 196 g/mol. The van der Waals surface area contributed by atoms with E-state index in [1.165, 1.54) is 0 Å². The highest BCUT2D eigenvalue weighted by molar-refractivity contribution is 7.80. The van der Waals surface area contributed by atoms with E-state index in [4.69, 9.17) is 22.7 Å². The van der Waals surface area contributed by atoms with Crippen LogP contribution in [0.2, 0.25) is 0 Å². The van der Waals surface area contributed by atoms with Crippen molar-refractivity contribution in [2.24, 2.45) is 11.7 Å². The van der Waals surface area contributed by atoms with Gasteiger partial charge in [0.2, 0.25) is 0 Å². The summed E-state index contributed by atoms with van der Waals surface area (Å²) < 4.78 is 5.65. The second-order valence-electron chi connectivity index (χ2n) is 4.28. The van der Waals surface area contributed by atoms with Gasteiger partial charge in [-0.05, 0) is 13.8 Å². The molecule has 82 valence electrons. The molecule has 1 aliphatic rings. The molecule has 1 aliphatic heterocycles. The molecule has 0 aromatic heterocycles. The highest BCUT2D eigenvalue weighted by Gasteiger charge is 2.23. The first-order chi connectivity index (χ1) is 6.49. The van der Waals surface area contributed by atoms with Crippen LogP contribution in [0.25, 0.3) is 0 Å². The summed E-state index contributed by atoms with van der Waals surface area (Å²) in [6, 6.07) is 0. The standard InChI is InChI=1S/C10H20N2OS/c1-7(10(11)14)4-12-5-8(2)13-9(3)6-12/h7-9H,4-6H2,1-3H3,(H2,11,14)/t7?,8-,9+. The predicted molar refractivity (Wildman–Crippen MR) is 62.4 cm³/mol. The summed E-state index contributed by atoms with van der Waals surface area (Å²) in [5, 5.41) is 0. The van der Waals surface area contributed by atoms with E-state index in [9.17, 15) is 0 Å². The van der Waals surface area contributed by atoms with Gasteiger partial charge in [-0.15, -0.1) is 0 Å². The van der Waals surface area contributed by atoms with Crippen molar-refractivity contribution in [1.82, 2.24) is 4.90 Å². The molecule has 1 unspecified atom stereocenters. The van der Waals surface area contributed by atoms with Gasteiger partial charge in [0, 0.05) is 25.6 Å².